The van der Waals surface area contributed by atoms with Gasteiger partial charge < -0.3 is 9.47 Å². The zero-order chi connectivity index (χ0) is 27.4. The highest BCUT2D eigenvalue weighted by molar-refractivity contribution is 9.10. The molecule has 0 saturated heterocycles. The predicted molar refractivity (Wildman–Crippen MR) is 159 cm³/mol. The molecule has 0 unspecified atom stereocenters. The molecule has 0 amide bonds. The molecule has 0 aliphatic heterocycles. The van der Waals surface area contributed by atoms with Gasteiger partial charge in [-0.05, 0) is 77.7 Å². The monoisotopic (exact) mass is 655 g/mol. The van der Waals surface area contributed by atoms with Gasteiger partial charge in [-0.2, -0.15) is 9.78 Å². The minimum absolute atomic E-state index is 0.0528. The third-order valence-electron chi connectivity index (χ3n) is 6.79. The fourth-order valence-corrected chi connectivity index (χ4v) is 5.79. The largest absolute Gasteiger partial charge is 0.490 e. The summed E-state index contributed by atoms with van der Waals surface area (Å²) < 4.78 is 28.8. The van der Waals surface area contributed by atoms with E-state index in [0.29, 0.717) is 50.4 Å². The number of rotatable bonds is 8. The topological polar surface area (TPSA) is 65.7 Å². The third-order valence-corrected chi connectivity index (χ3v) is 7.87. The van der Waals surface area contributed by atoms with Crippen LogP contribution in [0.3, 0.4) is 0 Å². The van der Waals surface area contributed by atoms with Gasteiger partial charge in [0.25, 0.3) is 5.56 Å². The molecule has 0 bridgehead atoms. The molecule has 0 spiro atoms. The van der Waals surface area contributed by atoms with Gasteiger partial charge in [-0.1, -0.05) is 53.4 Å². The molecule has 39 heavy (non-hydrogen) atoms. The van der Waals surface area contributed by atoms with Gasteiger partial charge in [0.05, 0.1) is 28.2 Å². The first-order valence-corrected chi connectivity index (χ1v) is 14.6. The van der Waals surface area contributed by atoms with E-state index in [4.69, 9.17) is 14.5 Å². The molecule has 0 N–H and O–H groups in total. The van der Waals surface area contributed by atoms with Crippen LogP contribution in [0.2, 0.25) is 0 Å². The van der Waals surface area contributed by atoms with E-state index in [1.54, 1.807) is 36.5 Å². The van der Waals surface area contributed by atoms with Crippen LogP contribution in [0.4, 0.5) is 4.39 Å². The van der Waals surface area contributed by atoms with Gasteiger partial charge in [-0.25, -0.2) is 9.37 Å². The van der Waals surface area contributed by atoms with Gasteiger partial charge in [0.15, 0.2) is 11.5 Å². The van der Waals surface area contributed by atoms with E-state index >= 15 is 0 Å². The summed E-state index contributed by atoms with van der Waals surface area (Å²) in [7, 11) is 0. The van der Waals surface area contributed by atoms with Crippen molar-refractivity contribution in [2.24, 2.45) is 5.10 Å². The minimum Gasteiger partial charge on any atom is -0.490 e. The smallest absolute Gasteiger partial charge is 0.282 e. The summed E-state index contributed by atoms with van der Waals surface area (Å²) in [5, 5.41) is 5.15. The first-order chi connectivity index (χ1) is 18.9. The molecule has 6 nitrogen and oxygen atoms in total. The van der Waals surface area contributed by atoms with Crippen molar-refractivity contribution in [3.8, 4) is 11.5 Å². The first-order valence-electron chi connectivity index (χ1n) is 13.0. The summed E-state index contributed by atoms with van der Waals surface area (Å²) in [5.74, 6) is 1.50. The van der Waals surface area contributed by atoms with Crippen molar-refractivity contribution in [1.29, 1.82) is 0 Å². The second-order valence-electron chi connectivity index (χ2n) is 9.47. The van der Waals surface area contributed by atoms with Crippen molar-refractivity contribution in [3.05, 3.63) is 96.7 Å². The second kappa shape index (κ2) is 12.4. The lowest BCUT2D eigenvalue weighted by atomic mass is 9.88. The van der Waals surface area contributed by atoms with E-state index < -0.39 is 0 Å². The maximum Gasteiger partial charge on any atom is 0.282 e. The van der Waals surface area contributed by atoms with Crippen LogP contribution in [0.25, 0.3) is 10.9 Å². The molecule has 1 aromatic heterocycles. The Morgan fingerprint density at radius 3 is 2.64 bits per heavy atom. The van der Waals surface area contributed by atoms with Crippen molar-refractivity contribution in [3.63, 3.8) is 0 Å². The van der Waals surface area contributed by atoms with Crippen LogP contribution in [0.1, 0.15) is 61.9 Å². The van der Waals surface area contributed by atoms with Gasteiger partial charge in [0, 0.05) is 16.0 Å². The van der Waals surface area contributed by atoms with Crippen molar-refractivity contribution in [2.75, 3.05) is 6.61 Å². The molecular weight excluding hydrogens is 629 g/mol. The number of hydrogen-bond donors (Lipinski definition) is 0. The summed E-state index contributed by atoms with van der Waals surface area (Å²) in [4.78, 5) is 18.5. The van der Waals surface area contributed by atoms with E-state index in [9.17, 15) is 9.18 Å². The zero-order valence-corrected chi connectivity index (χ0v) is 24.7. The molecule has 5 rings (SSSR count). The highest BCUT2D eigenvalue weighted by Crippen LogP contribution is 2.37. The maximum atomic E-state index is 14.1. The fourth-order valence-electron chi connectivity index (χ4n) is 4.86. The fraction of sp³-hybridized carbons (Fsp3) is 0.300. The van der Waals surface area contributed by atoms with E-state index in [0.717, 1.165) is 30.2 Å². The Morgan fingerprint density at radius 2 is 1.87 bits per heavy atom. The number of fused-ring (bicyclic) bond motifs is 1. The lowest BCUT2D eigenvalue weighted by Gasteiger charge is -2.22. The van der Waals surface area contributed by atoms with Crippen LogP contribution in [-0.2, 0) is 6.61 Å². The molecule has 4 aromatic rings. The van der Waals surface area contributed by atoms with Gasteiger partial charge in [-0.15, -0.1) is 0 Å². The third kappa shape index (κ3) is 6.25. The molecule has 1 saturated carbocycles. The van der Waals surface area contributed by atoms with Crippen molar-refractivity contribution < 1.29 is 13.9 Å². The SMILES string of the molecule is CCOc1cc(C=Nn2c(C3CCCCC3)nc3ccc(Br)cc3c2=O)cc(Br)c1OCc1ccccc1F. The number of aromatic nitrogens is 2. The van der Waals surface area contributed by atoms with Crippen LogP contribution in [0.5, 0.6) is 11.5 Å². The summed E-state index contributed by atoms with van der Waals surface area (Å²) in [6, 6.07) is 15.7. The lowest BCUT2D eigenvalue weighted by molar-refractivity contribution is 0.264. The van der Waals surface area contributed by atoms with Crippen LogP contribution in [-0.4, -0.2) is 22.5 Å². The molecule has 0 radical (unpaired) electrons. The quantitative estimate of drug-likeness (QED) is 0.181. The Labute approximate surface area is 243 Å². The number of halogens is 3. The molecule has 1 aliphatic carbocycles. The Bertz CT molecular complexity index is 1580. The number of nitrogens with zero attached hydrogens (tertiary/aromatic N) is 3. The standard InChI is InChI=1S/C30H28Br2FN3O3/c1-2-38-27-15-19(14-24(32)28(27)39-18-21-10-6-7-11-25(21)33)17-34-36-29(20-8-4-3-5-9-20)35-26-13-12-22(31)16-23(26)30(36)37/h6-7,10-17,20H,2-5,8-9,18H2,1H3. The van der Waals surface area contributed by atoms with Crippen LogP contribution in [0, 0.1) is 5.82 Å². The average molecular weight is 657 g/mol. The summed E-state index contributed by atoms with van der Waals surface area (Å²) >= 11 is 7.04. The van der Waals surface area contributed by atoms with Crippen molar-refractivity contribution in [1.82, 2.24) is 9.66 Å². The van der Waals surface area contributed by atoms with Gasteiger partial charge >= 0.3 is 0 Å². The number of hydrogen-bond acceptors (Lipinski definition) is 5. The van der Waals surface area contributed by atoms with Crippen molar-refractivity contribution in [2.45, 2.75) is 51.6 Å². The van der Waals surface area contributed by atoms with Gasteiger partial charge in [0.1, 0.15) is 18.2 Å². The Balaban J connectivity index is 1.51. The molecule has 9 heteroatoms. The van der Waals surface area contributed by atoms with Crippen LogP contribution < -0.4 is 15.0 Å². The molecule has 1 fully saturated rings. The highest BCUT2D eigenvalue weighted by atomic mass is 79.9. The molecule has 1 heterocycles. The average Bonchev–Trinajstić information content (AvgIpc) is 2.94. The summed E-state index contributed by atoms with van der Waals surface area (Å²) in [5.41, 5.74) is 1.63. The van der Waals surface area contributed by atoms with E-state index in [1.165, 1.54) is 17.2 Å². The molecule has 1 aliphatic rings. The minimum atomic E-state index is -0.328. The van der Waals surface area contributed by atoms with Gasteiger partial charge in [0.2, 0.25) is 0 Å². The maximum absolute atomic E-state index is 14.1. The zero-order valence-electron chi connectivity index (χ0n) is 21.5. The molecule has 3 aromatic carbocycles. The van der Waals surface area contributed by atoms with Crippen molar-refractivity contribution >= 4 is 49.0 Å². The Kier molecular flexibility index (Phi) is 8.77. The van der Waals surface area contributed by atoms with Crippen LogP contribution >= 0.6 is 31.9 Å². The van der Waals surface area contributed by atoms with E-state index in [-0.39, 0.29) is 23.9 Å². The van der Waals surface area contributed by atoms with Gasteiger partial charge in [-0.3, -0.25) is 4.79 Å². The Hall–Kier alpha value is -3.04. The highest BCUT2D eigenvalue weighted by Gasteiger charge is 2.22. The van der Waals surface area contributed by atoms with E-state index in [1.807, 2.05) is 25.1 Å². The lowest BCUT2D eigenvalue weighted by Crippen LogP contribution is -2.25. The summed E-state index contributed by atoms with van der Waals surface area (Å²) in [6.07, 6.45) is 7.02. The predicted octanol–water partition coefficient (Wildman–Crippen LogP) is 7.97. The summed E-state index contributed by atoms with van der Waals surface area (Å²) in [6.45, 7) is 2.35. The van der Waals surface area contributed by atoms with E-state index in [2.05, 4.69) is 37.0 Å². The number of ether oxygens (including phenoxy) is 2. The van der Waals surface area contributed by atoms with Crippen LogP contribution in [0.15, 0.2) is 73.4 Å². The molecule has 202 valence electrons. The molecular formula is C30H28Br2FN3O3. The second-order valence-corrected chi connectivity index (χ2v) is 11.2. The Morgan fingerprint density at radius 1 is 1.08 bits per heavy atom. The normalized spacial score (nSPS) is 14.3. The number of benzene rings is 3. The first kappa shape index (κ1) is 27.5. The molecule has 0 atom stereocenters.